The average Bonchev–Trinajstić information content (AvgIpc) is 2.82. The number of benzene rings is 1. The Morgan fingerprint density at radius 3 is 2.58 bits per heavy atom. The Kier molecular flexibility index (Phi) is 2.72. The molecule has 0 saturated carbocycles. The number of rotatable bonds is 2. The van der Waals surface area contributed by atoms with Crippen LogP contribution in [0.3, 0.4) is 0 Å². The van der Waals surface area contributed by atoms with Crippen molar-refractivity contribution in [3.8, 4) is 17.1 Å². The van der Waals surface area contributed by atoms with Gasteiger partial charge in [0.1, 0.15) is 11.6 Å². The molecule has 19 heavy (non-hydrogen) atoms. The second-order valence-electron chi connectivity index (χ2n) is 4.03. The molecule has 2 aromatic heterocycles. The van der Waals surface area contributed by atoms with Crippen molar-refractivity contribution in [2.45, 2.75) is 0 Å². The first-order valence-corrected chi connectivity index (χ1v) is 5.77. The summed E-state index contributed by atoms with van der Waals surface area (Å²) >= 11 is 0. The van der Waals surface area contributed by atoms with E-state index in [1.54, 1.807) is 42.6 Å². The van der Waals surface area contributed by atoms with Gasteiger partial charge >= 0.3 is 0 Å². The minimum Gasteiger partial charge on any atom is -0.384 e. The summed E-state index contributed by atoms with van der Waals surface area (Å²) in [6.45, 7) is 0. The smallest absolute Gasteiger partial charge is 0.155 e. The second-order valence-corrected chi connectivity index (χ2v) is 4.03. The van der Waals surface area contributed by atoms with Crippen molar-refractivity contribution >= 4 is 5.82 Å². The molecule has 94 valence electrons. The van der Waals surface area contributed by atoms with Crippen molar-refractivity contribution in [2.24, 2.45) is 0 Å². The van der Waals surface area contributed by atoms with Gasteiger partial charge in [-0.3, -0.25) is 0 Å². The van der Waals surface area contributed by atoms with Gasteiger partial charge in [0.15, 0.2) is 5.82 Å². The lowest BCUT2D eigenvalue weighted by molar-refractivity contribution is 0.630. The van der Waals surface area contributed by atoms with E-state index in [4.69, 9.17) is 5.73 Å². The molecule has 0 aliphatic heterocycles. The summed E-state index contributed by atoms with van der Waals surface area (Å²) < 4.78 is 15.2. The molecule has 3 rings (SSSR count). The number of halogens is 1. The van der Waals surface area contributed by atoms with Crippen molar-refractivity contribution < 1.29 is 4.39 Å². The number of hydrogen-bond acceptors (Lipinski definition) is 3. The number of anilines is 1. The molecule has 0 aliphatic carbocycles. The van der Waals surface area contributed by atoms with Gasteiger partial charge in [-0.25, -0.2) is 9.37 Å². The minimum absolute atomic E-state index is 0.326. The molecule has 0 atom stereocenters. The van der Waals surface area contributed by atoms with Crippen LogP contribution in [0.4, 0.5) is 10.2 Å². The first-order valence-electron chi connectivity index (χ1n) is 5.77. The van der Waals surface area contributed by atoms with Gasteiger partial charge in [0, 0.05) is 17.8 Å². The zero-order chi connectivity index (χ0) is 13.2. The Balaban J connectivity index is 2.10. The summed E-state index contributed by atoms with van der Waals surface area (Å²) in [4.78, 5) is 4.17. The quantitative estimate of drug-likeness (QED) is 0.764. The van der Waals surface area contributed by atoms with E-state index >= 15 is 0 Å². The van der Waals surface area contributed by atoms with Gasteiger partial charge in [0.05, 0.1) is 5.69 Å². The normalized spacial score (nSPS) is 10.6. The van der Waals surface area contributed by atoms with Crippen LogP contribution in [0.15, 0.2) is 54.7 Å². The molecule has 2 N–H and O–H groups in total. The maximum Gasteiger partial charge on any atom is 0.155 e. The Bertz CT molecular complexity index is 706. The molecule has 0 spiro atoms. The third-order valence-electron chi connectivity index (χ3n) is 2.75. The van der Waals surface area contributed by atoms with Gasteiger partial charge in [-0.2, -0.15) is 9.78 Å². The van der Waals surface area contributed by atoms with Crippen molar-refractivity contribution in [3.63, 3.8) is 0 Å². The predicted octanol–water partition coefficient (Wildman–Crippen LogP) is 2.66. The van der Waals surface area contributed by atoms with Crippen molar-refractivity contribution in [3.05, 3.63) is 60.5 Å². The average molecular weight is 254 g/mol. The Labute approximate surface area is 109 Å². The fourth-order valence-electron chi connectivity index (χ4n) is 1.86. The fourth-order valence-corrected chi connectivity index (χ4v) is 1.86. The van der Waals surface area contributed by atoms with E-state index in [2.05, 4.69) is 10.1 Å². The molecule has 0 bridgehead atoms. The number of aromatic nitrogens is 3. The summed E-state index contributed by atoms with van der Waals surface area (Å²) in [5.41, 5.74) is 6.81. The Morgan fingerprint density at radius 1 is 1.05 bits per heavy atom. The van der Waals surface area contributed by atoms with E-state index < -0.39 is 0 Å². The molecule has 2 heterocycles. The third-order valence-corrected chi connectivity index (χ3v) is 2.75. The number of hydrogen-bond donors (Lipinski definition) is 1. The standard InChI is InChI=1S/C14H11FN4/c15-11-6-2-1-5-10(11)12-9-13(16)19(18-12)14-7-3-4-8-17-14/h1-9H,16H2. The lowest BCUT2D eigenvalue weighted by Gasteiger charge is -2.01. The monoisotopic (exact) mass is 254 g/mol. The lowest BCUT2D eigenvalue weighted by Crippen LogP contribution is -2.03. The molecular formula is C14H11FN4. The summed E-state index contributed by atoms with van der Waals surface area (Å²) in [6, 6.07) is 13.5. The van der Waals surface area contributed by atoms with E-state index in [0.717, 1.165) is 0 Å². The van der Waals surface area contributed by atoms with Crippen LogP contribution in [-0.4, -0.2) is 14.8 Å². The highest BCUT2D eigenvalue weighted by Gasteiger charge is 2.12. The highest BCUT2D eigenvalue weighted by molar-refractivity contribution is 5.63. The minimum atomic E-state index is -0.326. The van der Waals surface area contributed by atoms with Crippen LogP contribution in [0.2, 0.25) is 0 Å². The Hall–Kier alpha value is -2.69. The Morgan fingerprint density at radius 2 is 1.84 bits per heavy atom. The maximum absolute atomic E-state index is 13.7. The largest absolute Gasteiger partial charge is 0.384 e. The van der Waals surface area contributed by atoms with Gasteiger partial charge in [-0.1, -0.05) is 18.2 Å². The van der Waals surface area contributed by atoms with E-state index in [1.165, 1.54) is 10.7 Å². The zero-order valence-electron chi connectivity index (χ0n) is 9.99. The van der Waals surface area contributed by atoms with Crippen LogP contribution in [-0.2, 0) is 0 Å². The second kappa shape index (κ2) is 4.53. The van der Waals surface area contributed by atoms with Gasteiger partial charge in [-0.15, -0.1) is 0 Å². The summed E-state index contributed by atoms with van der Waals surface area (Å²) in [7, 11) is 0. The van der Waals surface area contributed by atoms with Crippen molar-refractivity contribution in [2.75, 3.05) is 5.73 Å². The van der Waals surface area contributed by atoms with Crippen molar-refractivity contribution in [1.29, 1.82) is 0 Å². The summed E-state index contributed by atoms with van der Waals surface area (Å²) in [6.07, 6.45) is 1.65. The van der Waals surface area contributed by atoms with Crippen LogP contribution in [0.25, 0.3) is 17.1 Å². The van der Waals surface area contributed by atoms with E-state index in [1.807, 2.05) is 6.07 Å². The van der Waals surface area contributed by atoms with Crippen LogP contribution < -0.4 is 5.73 Å². The number of nitrogens with zero attached hydrogens (tertiary/aromatic N) is 3. The van der Waals surface area contributed by atoms with Crippen LogP contribution >= 0.6 is 0 Å². The molecule has 3 aromatic rings. The van der Waals surface area contributed by atoms with Gasteiger partial charge in [0.2, 0.25) is 0 Å². The third kappa shape index (κ3) is 2.06. The topological polar surface area (TPSA) is 56.7 Å². The molecule has 5 heteroatoms. The van der Waals surface area contributed by atoms with Crippen molar-refractivity contribution in [1.82, 2.24) is 14.8 Å². The van der Waals surface area contributed by atoms with E-state index in [0.29, 0.717) is 22.9 Å². The van der Waals surface area contributed by atoms with E-state index in [-0.39, 0.29) is 5.82 Å². The lowest BCUT2D eigenvalue weighted by atomic mass is 10.1. The molecule has 1 aromatic carbocycles. The number of pyridine rings is 1. The molecule has 0 saturated heterocycles. The number of nitrogens with two attached hydrogens (primary N) is 1. The molecule has 0 unspecified atom stereocenters. The molecule has 4 nitrogen and oxygen atoms in total. The first kappa shape index (κ1) is 11.4. The van der Waals surface area contributed by atoms with Crippen LogP contribution in [0.1, 0.15) is 0 Å². The van der Waals surface area contributed by atoms with Gasteiger partial charge in [0.25, 0.3) is 0 Å². The summed E-state index contributed by atoms with van der Waals surface area (Å²) in [5, 5.41) is 4.30. The highest BCUT2D eigenvalue weighted by atomic mass is 19.1. The molecular weight excluding hydrogens is 243 g/mol. The predicted molar refractivity (Wildman–Crippen MR) is 71.2 cm³/mol. The van der Waals surface area contributed by atoms with Gasteiger partial charge in [-0.05, 0) is 24.3 Å². The first-order chi connectivity index (χ1) is 9.25. The SMILES string of the molecule is Nc1cc(-c2ccccc2F)nn1-c1ccccn1. The molecule has 0 amide bonds. The van der Waals surface area contributed by atoms with E-state index in [9.17, 15) is 4.39 Å². The van der Waals surface area contributed by atoms with Gasteiger partial charge < -0.3 is 5.73 Å². The fraction of sp³-hybridized carbons (Fsp3) is 0. The molecule has 0 radical (unpaired) electrons. The zero-order valence-corrected chi connectivity index (χ0v) is 9.99. The maximum atomic E-state index is 13.7. The van der Waals surface area contributed by atoms with Crippen LogP contribution in [0, 0.1) is 5.82 Å². The van der Waals surface area contributed by atoms with Crippen LogP contribution in [0.5, 0.6) is 0 Å². The molecule has 0 aliphatic rings. The molecule has 0 fully saturated rings. The number of nitrogen functional groups attached to an aromatic ring is 1. The summed E-state index contributed by atoms with van der Waals surface area (Å²) in [5.74, 6) is 0.688. The highest BCUT2D eigenvalue weighted by Crippen LogP contribution is 2.24.